The number of nitro groups is 1. The van der Waals surface area contributed by atoms with E-state index in [1.807, 2.05) is 0 Å². The Hall–Kier alpha value is -3.37. The number of anilines is 1. The van der Waals surface area contributed by atoms with Crippen LogP contribution in [0, 0.1) is 17.0 Å². The van der Waals surface area contributed by atoms with E-state index in [4.69, 9.17) is 4.74 Å². The fourth-order valence-electron chi connectivity index (χ4n) is 1.85. The van der Waals surface area contributed by atoms with Crippen LogP contribution in [0.1, 0.15) is 5.69 Å². The van der Waals surface area contributed by atoms with Gasteiger partial charge in [0, 0.05) is 12.6 Å². The second-order valence-corrected chi connectivity index (χ2v) is 4.94. The lowest BCUT2D eigenvalue weighted by molar-refractivity contribution is -0.390. The molecule has 0 saturated heterocycles. The van der Waals surface area contributed by atoms with Gasteiger partial charge in [-0.3, -0.25) is 4.79 Å². The number of carbonyl (C=O) groups is 1. The molecule has 1 aromatic carbocycles. The van der Waals surface area contributed by atoms with E-state index in [1.54, 1.807) is 6.92 Å². The Labute approximate surface area is 144 Å². The molecule has 0 aliphatic heterocycles. The fourth-order valence-corrected chi connectivity index (χ4v) is 1.85. The Kier molecular flexibility index (Phi) is 5.60. The molecule has 8 nitrogen and oxygen atoms in total. The number of carbonyl (C=O) groups excluding carboxylic acids is 1. The van der Waals surface area contributed by atoms with Crippen molar-refractivity contribution in [1.82, 2.24) is 4.98 Å². The van der Waals surface area contributed by atoms with Crippen LogP contribution in [0.15, 0.2) is 36.4 Å². The van der Waals surface area contributed by atoms with Crippen molar-refractivity contribution in [3.8, 4) is 11.5 Å². The molecule has 1 amide bonds. The van der Waals surface area contributed by atoms with Crippen LogP contribution in [-0.2, 0) is 4.79 Å². The third-order valence-electron chi connectivity index (χ3n) is 2.88. The smallest absolute Gasteiger partial charge is 0.476 e. The van der Waals surface area contributed by atoms with E-state index in [-0.39, 0.29) is 11.4 Å². The van der Waals surface area contributed by atoms with E-state index < -0.39 is 35.4 Å². The number of aryl methyl sites for hydroxylation is 1. The molecule has 2 aromatic rings. The van der Waals surface area contributed by atoms with Gasteiger partial charge in [-0.15, -0.1) is 13.2 Å². The van der Waals surface area contributed by atoms with Crippen LogP contribution in [0.5, 0.6) is 11.5 Å². The van der Waals surface area contributed by atoms with Crippen molar-refractivity contribution in [3.63, 3.8) is 0 Å². The minimum absolute atomic E-state index is 0.176. The zero-order chi connectivity index (χ0) is 19.3. The van der Waals surface area contributed by atoms with Gasteiger partial charge in [-0.05, 0) is 46.3 Å². The second-order valence-electron chi connectivity index (χ2n) is 4.94. The van der Waals surface area contributed by atoms with Gasteiger partial charge in [0.2, 0.25) is 5.75 Å². The molecule has 0 unspecified atom stereocenters. The first-order chi connectivity index (χ1) is 12.1. The molecule has 0 fully saturated rings. The van der Waals surface area contributed by atoms with Crippen molar-refractivity contribution < 1.29 is 32.4 Å². The first-order valence-electron chi connectivity index (χ1n) is 7.04. The Bertz CT molecular complexity index is 809. The number of nitrogens with zero attached hydrogens (tertiary/aromatic N) is 2. The highest BCUT2D eigenvalue weighted by molar-refractivity contribution is 5.91. The van der Waals surface area contributed by atoms with Crippen LogP contribution < -0.4 is 14.8 Å². The fraction of sp³-hybridized carbons (Fsp3) is 0.200. The van der Waals surface area contributed by atoms with E-state index >= 15 is 0 Å². The van der Waals surface area contributed by atoms with Crippen LogP contribution in [0.2, 0.25) is 0 Å². The van der Waals surface area contributed by atoms with E-state index in [1.165, 1.54) is 24.3 Å². The second kappa shape index (κ2) is 7.68. The van der Waals surface area contributed by atoms with E-state index in [0.29, 0.717) is 5.69 Å². The zero-order valence-corrected chi connectivity index (χ0v) is 13.2. The molecule has 0 bridgehead atoms. The summed E-state index contributed by atoms with van der Waals surface area (Å²) in [6, 6.07) is 7.26. The summed E-state index contributed by atoms with van der Waals surface area (Å²) in [5.41, 5.74) is 0.610. The van der Waals surface area contributed by atoms with Gasteiger partial charge in [0.15, 0.2) is 6.61 Å². The standard InChI is InChI=1S/C15H12F3N3O5/c1-9-2-7-12(14(19-9)21(23)24)25-8-13(22)20-10-3-5-11(6-4-10)26-15(16,17)18/h2-7H,8H2,1H3,(H,20,22). The predicted octanol–water partition coefficient (Wildman–Crippen LogP) is 3.21. The number of nitrogens with one attached hydrogen (secondary N) is 1. The number of amides is 1. The summed E-state index contributed by atoms with van der Waals surface area (Å²) in [5, 5.41) is 13.3. The predicted molar refractivity (Wildman–Crippen MR) is 82.9 cm³/mol. The van der Waals surface area contributed by atoms with Gasteiger partial charge in [-0.25, -0.2) is 0 Å². The molecule has 0 spiro atoms. The summed E-state index contributed by atoms with van der Waals surface area (Å²) in [6.07, 6.45) is -4.81. The molecule has 1 heterocycles. The summed E-state index contributed by atoms with van der Waals surface area (Å²) in [6.45, 7) is 1.02. The summed E-state index contributed by atoms with van der Waals surface area (Å²) in [7, 11) is 0. The normalized spacial score (nSPS) is 10.9. The maximum atomic E-state index is 12.1. The quantitative estimate of drug-likeness (QED) is 0.618. The molecule has 0 atom stereocenters. The lowest BCUT2D eigenvalue weighted by Crippen LogP contribution is -2.20. The van der Waals surface area contributed by atoms with Crippen LogP contribution in [-0.4, -0.2) is 28.8 Å². The number of pyridine rings is 1. The zero-order valence-electron chi connectivity index (χ0n) is 13.2. The van der Waals surface area contributed by atoms with E-state index in [0.717, 1.165) is 12.1 Å². The molecule has 0 aliphatic rings. The Morgan fingerprint density at radius 2 is 1.88 bits per heavy atom. The van der Waals surface area contributed by atoms with Gasteiger partial charge in [0.05, 0.1) is 0 Å². The summed E-state index contributed by atoms with van der Waals surface area (Å²) < 4.78 is 45.0. The van der Waals surface area contributed by atoms with Crippen LogP contribution in [0.4, 0.5) is 24.7 Å². The molecule has 26 heavy (non-hydrogen) atoms. The average molecular weight is 371 g/mol. The molecule has 1 N–H and O–H groups in total. The van der Waals surface area contributed by atoms with Crippen molar-refractivity contribution in [2.75, 3.05) is 11.9 Å². The maximum Gasteiger partial charge on any atom is 0.573 e. The number of alkyl halides is 3. The van der Waals surface area contributed by atoms with Crippen molar-refractivity contribution in [3.05, 3.63) is 52.2 Å². The van der Waals surface area contributed by atoms with Crippen molar-refractivity contribution in [2.24, 2.45) is 0 Å². The number of hydrogen-bond acceptors (Lipinski definition) is 6. The van der Waals surface area contributed by atoms with Crippen LogP contribution >= 0.6 is 0 Å². The monoisotopic (exact) mass is 371 g/mol. The van der Waals surface area contributed by atoms with E-state index in [2.05, 4.69) is 15.0 Å². The molecular formula is C15H12F3N3O5. The number of aromatic nitrogens is 1. The highest BCUT2D eigenvalue weighted by atomic mass is 19.4. The Morgan fingerprint density at radius 3 is 2.46 bits per heavy atom. The lowest BCUT2D eigenvalue weighted by Gasteiger charge is -2.10. The SMILES string of the molecule is Cc1ccc(OCC(=O)Nc2ccc(OC(F)(F)F)cc2)c([N+](=O)[O-])n1. The van der Waals surface area contributed by atoms with Gasteiger partial charge < -0.3 is 24.9 Å². The van der Waals surface area contributed by atoms with Crippen LogP contribution in [0.3, 0.4) is 0 Å². The van der Waals surface area contributed by atoms with E-state index in [9.17, 15) is 28.1 Å². The number of hydrogen-bond donors (Lipinski definition) is 1. The Balaban J connectivity index is 1.94. The number of rotatable bonds is 6. The minimum Gasteiger partial charge on any atom is -0.476 e. The number of benzene rings is 1. The maximum absolute atomic E-state index is 12.1. The summed E-state index contributed by atoms with van der Waals surface area (Å²) in [5.74, 6) is -1.80. The van der Waals surface area contributed by atoms with Gasteiger partial charge >= 0.3 is 12.2 Å². The average Bonchev–Trinajstić information content (AvgIpc) is 2.54. The van der Waals surface area contributed by atoms with Crippen LogP contribution in [0.25, 0.3) is 0 Å². The van der Waals surface area contributed by atoms with Gasteiger partial charge in [0.25, 0.3) is 5.91 Å². The lowest BCUT2D eigenvalue weighted by atomic mass is 10.3. The molecule has 0 radical (unpaired) electrons. The summed E-state index contributed by atoms with van der Waals surface area (Å²) in [4.78, 5) is 25.7. The molecular weight excluding hydrogens is 359 g/mol. The number of halogens is 3. The van der Waals surface area contributed by atoms with Gasteiger partial charge in [0.1, 0.15) is 11.4 Å². The molecule has 11 heteroatoms. The van der Waals surface area contributed by atoms with Gasteiger partial charge in [-0.2, -0.15) is 0 Å². The Morgan fingerprint density at radius 1 is 1.23 bits per heavy atom. The minimum atomic E-state index is -4.81. The summed E-state index contributed by atoms with van der Waals surface area (Å²) >= 11 is 0. The van der Waals surface area contributed by atoms with Gasteiger partial charge in [-0.1, -0.05) is 0 Å². The third kappa shape index (κ3) is 5.61. The molecule has 138 valence electrons. The largest absolute Gasteiger partial charge is 0.573 e. The molecule has 0 saturated carbocycles. The molecule has 0 aliphatic carbocycles. The first kappa shape index (κ1) is 19.0. The highest BCUT2D eigenvalue weighted by Gasteiger charge is 2.31. The highest BCUT2D eigenvalue weighted by Crippen LogP contribution is 2.25. The topological polar surface area (TPSA) is 104 Å². The molecule has 1 aromatic heterocycles. The first-order valence-corrected chi connectivity index (χ1v) is 7.04. The van der Waals surface area contributed by atoms with Crippen molar-refractivity contribution in [2.45, 2.75) is 13.3 Å². The van der Waals surface area contributed by atoms with Crippen molar-refractivity contribution >= 4 is 17.4 Å². The number of ether oxygens (including phenoxy) is 2. The third-order valence-corrected chi connectivity index (χ3v) is 2.88. The molecule has 2 rings (SSSR count). The van der Waals surface area contributed by atoms with Crippen molar-refractivity contribution in [1.29, 1.82) is 0 Å².